The van der Waals surface area contributed by atoms with Crippen LogP contribution in [0.15, 0.2) is 31.0 Å². The molecule has 8 nitrogen and oxygen atoms in total. The van der Waals surface area contributed by atoms with E-state index in [0.717, 1.165) is 12.2 Å². The second-order valence-electron chi connectivity index (χ2n) is 3.82. The molecule has 0 bridgehead atoms. The van der Waals surface area contributed by atoms with E-state index >= 15 is 0 Å². The maximum absolute atomic E-state index is 5.74. The lowest BCUT2D eigenvalue weighted by atomic mass is 10.4. The van der Waals surface area contributed by atoms with E-state index in [0.29, 0.717) is 11.8 Å². The van der Waals surface area contributed by atoms with E-state index in [-0.39, 0.29) is 5.95 Å². The average Bonchev–Trinajstić information content (AvgIpc) is 3.09. The van der Waals surface area contributed by atoms with Gasteiger partial charge in [-0.3, -0.25) is 9.25 Å². The Labute approximate surface area is 109 Å². The van der Waals surface area contributed by atoms with Gasteiger partial charge in [-0.05, 0) is 13.0 Å². The van der Waals surface area contributed by atoms with Gasteiger partial charge in [0.2, 0.25) is 11.9 Å². The first kappa shape index (κ1) is 11.3. The van der Waals surface area contributed by atoms with Crippen molar-refractivity contribution in [3.05, 3.63) is 31.0 Å². The molecular formula is C11H12N8. The summed E-state index contributed by atoms with van der Waals surface area (Å²) >= 11 is 0. The van der Waals surface area contributed by atoms with Crippen molar-refractivity contribution >= 4 is 5.95 Å². The van der Waals surface area contributed by atoms with Crippen LogP contribution >= 0.6 is 0 Å². The molecular weight excluding hydrogens is 244 g/mol. The highest BCUT2D eigenvalue weighted by Gasteiger charge is 2.11. The molecule has 2 N–H and O–H groups in total. The minimum atomic E-state index is 0.164. The van der Waals surface area contributed by atoms with E-state index in [9.17, 15) is 0 Å². The lowest BCUT2D eigenvalue weighted by Gasteiger charge is -2.06. The molecule has 3 aromatic rings. The lowest BCUT2D eigenvalue weighted by Crippen LogP contribution is -2.08. The number of anilines is 1. The predicted octanol–water partition coefficient (Wildman–Crippen LogP) is 0.523. The predicted molar refractivity (Wildman–Crippen MR) is 68.3 cm³/mol. The van der Waals surface area contributed by atoms with Gasteiger partial charge in [0.1, 0.15) is 12.0 Å². The summed E-state index contributed by atoms with van der Waals surface area (Å²) in [6, 6.07) is 1.84. The summed E-state index contributed by atoms with van der Waals surface area (Å²) in [7, 11) is 0. The lowest BCUT2D eigenvalue weighted by molar-refractivity contribution is 0.663. The Bertz CT molecular complexity index is 685. The Hall–Kier alpha value is -2.77. The molecule has 0 amide bonds. The minimum Gasteiger partial charge on any atom is -0.368 e. The number of nitrogens with zero attached hydrogens (tertiary/aromatic N) is 7. The molecule has 19 heavy (non-hydrogen) atoms. The molecule has 0 aliphatic heterocycles. The fourth-order valence-corrected chi connectivity index (χ4v) is 1.76. The van der Waals surface area contributed by atoms with Crippen LogP contribution in [0.2, 0.25) is 0 Å². The largest absolute Gasteiger partial charge is 0.368 e. The molecule has 0 spiro atoms. The van der Waals surface area contributed by atoms with Gasteiger partial charge in [0.05, 0.1) is 0 Å². The van der Waals surface area contributed by atoms with Gasteiger partial charge in [0.15, 0.2) is 5.82 Å². The topological polar surface area (TPSA) is 100 Å². The first-order valence-electron chi connectivity index (χ1n) is 5.80. The van der Waals surface area contributed by atoms with E-state index in [2.05, 4.69) is 25.0 Å². The van der Waals surface area contributed by atoms with Crippen LogP contribution in [0.4, 0.5) is 5.95 Å². The van der Waals surface area contributed by atoms with Gasteiger partial charge >= 0.3 is 0 Å². The van der Waals surface area contributed by atoms with Crippen molar-refractivity contribution in [2.24, 2.45) is 0 Å². The van der Waals surface area contributed by atoms with Crippen LogP contribution in [0, 0.1) is 0 Å². The zero-order valence-corrected chi connectivity index (χ0v) is 10.3. The molecule has 0 aliphatic rings. The smallest absolute Gasteiger partial charge is 0.240 e. The molecule has 0 fully saturated rings. The van der Waals surface area contributed by atoms with E-state index in [4.69, 9.17) is 5.73 Å². The van der Waals surface area contributed by atoms with Crippen molar-refractivity contribution in [3.63, 3.8) is 0 Å². The second kappa shape index (κ2) is 4.48. The number of hydrogen-bond acceptors (Lipinski definition) is 6. The first-order valence-corrected chi connectivity index (χ1v) is 5.80. The van der Waals surface area contributed by atoms with Crippen molar-refractivity contribution < 1.29 is 0 Å². The summed E-state index contributed by atoms with van der Waals surface area (Å²) in [6.45, 7) is 2.73. The van der Waals surface area contributed by atoms with Crippen molar-refractivity contribution in [1.29, 1.82) is 0 Å². The number of aromatic nitrogens is 7. The minimum absolute atomic E-state index is 0.164. The number of imidazole rings is 1. The monoisotopic (exact) mass is 256 g/mol. The molecule has 0 radical (unpaired) electrons. The Balaban J connectivity index is 2.13. The zero-order valence-electron chi connectivity index (χ0n) is 10.3. The summed E-state index contributed by atoms with van der Waals surface area (Å²) in [5.74, 6) is 1.09. The van der Waals surface area contributed by atoms with E-state index in [1.807, 2.05) is 13.0 Å². The average molecular weight is 256 g/mol. The molecule has 0 saturated heterocycles. The fraction of sp³-hybridized carbons (Fsp3) is 0.182. The number of nitrogens with two attached hydrogens (primary N) is 1. The summed E-state index contributed by atoms with van der Waals surface area (Å²) in [5.41, 5.74) is 6.54. The Morgan fingerprint density at radius 3 is 2.84 bits per heavy atom. The summed E-state index contributed by atoms with van der Waals surface area (Å²) in [6.07, 6.45) is 6.71. The third-order valence-electron chi connectivity index (χ3n) is 2.62. The number of hydrogen-bond donors (Lipinski definition) is 1. The molecule has 96 valence electrons. The van der Waals surface area contributed by atoms with Gasteiger partial charge < -0.3 is 5.73 Å². The van der Waals surface area contributed by atoms with Gasteiger partial charge in [-0.1, -0.05) is 0 Å². The SMILES string of the molecule is CCn1nccc1-c1nc(N)nc(-n2ccnc2)n1. The quantitative estimate of drug-likeness (QED) is 0.733. The summed E-state index contributed by atoms with van der Waals surface area (Å²) in [4.78, 5) is 16.6. The highest BCUT2D eigenvalue weighted by atomic mass is 15.3. The van der Waals surface area contributed by atoms with Crippen molar-refractivity contribution in [2.45, 2.75) is 13.5 Å². The van der Waals surface area contributed by atoms with E-state index < -0.39 is 0 Å². The molecule has 3 aromatic heterocycles. The van der Waals surface area contributed by atoms with Crippen LogP contribution in [-0.2, 0) is 6.54 Å². The van der Waals surface area contributed by atoms with Gasteiger partial charge in [-0.15, -0.1) is 0 Å². The number of aryl methyl sites for hydroxylation is 1. The van der Waals surface area contributed by atoms with Crippen molar-refractivity contribution in [2.75, 3.05) is 5.73 Å². The van der Waals surface area contributed by atoms with Crippen molar-refractivity contribution in [1.82, 2.24) is 34.3 Å². The highest BCUT2D eigenvalue weighted by Crippen LogP contribution is 2.16. The number of nitrogen functional groups attached to an aromatic ring is 1. The van der Waals surface area contributed by atoms with Crippen LogP contribution < -0.4 is 5.73 Å². The zero-order chi connectivity index (χ0) is 13.2. The van der Waals surface area contributed by atoms with Gasteiger partial charge in [-0.2, -0.15) is 20.1 Å². The molecule has 0 saturated carbocycles. The van der Waals surface area contributed by atoms with Crippen LogP contribution in [0.1, 0.15) is 6.92 Å². The van der Waals surface area contributed by atoms with Gasteiger partial charge in [-0.25, -0.2) is 4.98 Å². The van der Waals surface area contributed by atoms with Gasteiger partial charge in [0.25, 0.3) is 0 Å². The maximum Gasteiger partial charge on any atom is 0.240 e. The Kier molecular flexibility index (Phi) is 2.67. The standard InChI is InChI=1S/C11H12N8/c1-2-19-8(3-4-14-19)9-15-10(12)17-11(16-9)18-6-5-13-7-18/h3-7H,2H2,1H3,(H2,12,15,16,17). The molecule has 3 rings (SSSR count). The van der Waals surface area contributed by atoms with Crippen molar-refractivity contribution in [3.8, 4) is 17.5 Å². The molecule has 0 aliphatic carbocycles. The molecule has 0 unspecified atom stereocenters. The third kappa shape index (κ3) is 2.03. The molecule has 0 atom stereocenters. The normalized spacial score (nSPS) is 10.8. The summed E-state index contributed by atoms with van der Waals surface area (Å²) in [5, 5.41) is 4.19. The molecule has 3 heterocycles. The van der Waals surface area contributed by atoms with Gasteiger partial charge in [0, 0.05) is 25.1 Å². The first-order chi connectivity index (χ1) is 9.28. The Morgan fingerprint density at radius 2 is 2.11 bits per heavy atom. The summed E-state index contributed by atoms with van der Waals surface area (Å²) < 4.78 is 3.47. The van der Waals surface area contributed by atoms with Crippen LogP contribution in [0.3, 0.4) is 0 Å². The van der Waals surface area contributed by atoms with E-state index in [1.165, 1.54) is 0 Å². The number of rotatable bonds is 3. The molecule has 0 aromatic carbocycles. The Morgan fingerprint density at radius 1 is 1.21 bits per heavy atom. The second-order valence-corrected chi connectivity index (χ2v) is 3.82. The van der Waals surface area contributed by atoms with Crippen LogP contribution in [-0.4, -0.2) is 34.3 Å². The van der Waals surface area contributed by atoms with Crippen LogP contribution in [0.25, 0.3) is 17.5 Å². The fourth-order valence-electron chi connectivity index (χ4n) is 1.76. The third-order valence-corrected chi connectivity index (χ3v) is 2.62. The van der Waals surface area contributed by atoms with Crippen LogP contribution in [0.5, 0.6) is 0 Å². The molecule has 8 heteroatoms. The van der Waals surface area contributed by atoms with E-state index in [1.54, 1.807) is 34.2 Å². The highest BCUT2D eigenvalue weighted by molar-refractivity contribution is 5.51. The maximum atomic E-state index is 5.74.